The molecule has 0 saturated carbocycles. The van der Waals surface area contributed by atoms with Crippen molar-refractivity contribution in [3.63, 3.8) is 0 Å². The highest BCUT2D eigenvalue weighted by Gasteiger charge is 2.04. The predicted molar refractivity (Wildman–Crippen MR) is 50.1 cm³/mol. The molecule has 1 aromatic carbocycles. The Morgan fingerprint density at radius 1 is 1.38 bits per heavy atom. The van der Waals surface area contributed by atoms with Crippen molar-refractivity contribution in [3.05, 3.63) is 35.9 Å². The molecule has 0 aliphatic heterocycles. The molecule has 0 bridgehead atoms. The molecule has 1 N–H and O–H groups in total. The van der Waals surface area contributed by atoms with Gasteiger partial charge in [-0.3, -0.25) is 4.79 Å². The summed E-state index contributed by atoms with van der Waals surface area (Å²) in [6.07, 6.45) is 0. The second kappa shape index (κ2) is 4.32. The third kappa shape index (κ3) is 3.00. The maximum absolute atomic E-state index is 10.4. The van der Waals surface area contributed by atoms with Gasteiger partial charge in [-0.15, -0.1) is 0 Å². The molecule has 0 amide bonds. The molecular formula is C11H10O2. The van der Waals surface area contributed by atoms with E-state index in [1.54, 1.807) is 6.92 Å². The Labute approximate surface area is 77.2 Å². The summed E-state index contributed by atoms with van der Waals surface area (Å²) in [5, 5.41) is 8.56. The van der Waals surface area contributed by atoms with Gasteiger partial charge in [-0.2, -0.15) is 0 Å². The number of rotatable bonds is 1. The first-order chi connectivity index (χ1) is 6.20. The molecule has 0 aromatic heterocycles. The summed E-state index contributed by atoms with van der Waals surface area (Å²) < 4.78 is 0. The summed E-state index contributed by atoms with van der Waals surface area (Å²) in [5.41, 5.74) is 0.843. The van der Waals surface area contributed by atoms with E-state index in [0.717, 1.165) is 5.56 Å². The molecule has 2 heteroatoms. The average molecular weight is 174 g/mol. The standard InChI is InChI=1S/C11H10O2/c1-9(11(12)13)7-8-10-5-3-2-4-6-10/h2-6,9H,1H3,(H,12,13)/t9-/m0/s1. The minimum atomic E-state index is -0.886. The molecule has 0 fully saturated rings. The van der Waals surface area contributed by atoms with Gasteiger partial charge < -0.3 is 5.11 Å². The van der Waals surface area contributed by atoms with Crippen LogP contribution >= 0.6 is 0 Å². The van der Waals surface area contributed by atoms with Gasteiger partial charge in [0, 0.05) is 5.56 Å². The van der Waals surface area contributed by atoms with E-state index >= 15 is 0 Å². The summed E-state index contributed by atoms with van der Waals surface area (Å²) in [6.45, 7) is 1.57. The van der Waals surface area contributed by atoms with Crippen molar-refractivity contribution in [2.24, 2.45) is 5.92 Å². The van der Waals surface area contributed by atoms with E-state index in [9.17, 15) is 4.79 Å². The van der Waals surface area contributed by atoms with E-state index in [1.807, 2.05) is 30.3 Å². The molecule has 2 nitrogen and oxygen atoms in total. The summed E-state index contributed by atoms with van der Waals surface area (Å²) >= 11 is 0. The van der Waals surface area contributed by atoms with Crippen LogP contribution in [0.25, 0.3) is 0 Å². The van der Waals surface area contributed by atoms with E-state index < -0.39 is 11.9 Å². The Kier molecular flexibility index (Phi) is 3.10. The average Bonchev–Trinajstić information content (AvgIpc) is 2.15. The highest BCUT2D eigenvalue weighted by Crippen LogP contribution is 1.97. The fraction of sp³-hybridized carbons (Fsp3) is 0.182. The molecule has 66 valence electrons. The second-order valence-electron chi connectivity index (χ2n) is 2.70. The van der Waals surface area contributed by atoms with Crippen LogP contribution in [0, 0.1) is 17.8 Å². The van der Waals surface area contributed by atoms with Crippen LogP contribution in [0.2, 0.25) is 0 Å². The fourth-order valence-electron chi connectivity index (χ4n) is 0.775. The molecule has 1 aromatic rings. The largest absolute Gasteiger partial charge is 0.480 e. The molecule has 0 aliphatic carbocycles. The summed E-state index contributed by atoms with van der Waals surface area (Å²) in [4.78, 5) is 10.4. The van der Waals surface area contributed by atoms with E-state index in [2.05, 4.69) is 11.8 Å². The molecular weight excluding hydrogens is 164 g/mol. The Bertz CT molecular complexity index is 343. The third-order valence-corrected chi connectivity index (χ3v) is 1.58. The number of aliphatic carboxylic acids is 1. The maximum atomic E-state index is 10.4. The van der Waals surface area contributed by atoms with Gasteiger partial charge in [0.2, 0.25) is 0 Å². The Hall–Kier alpha value is -1.75. The third-order valence-electron chi connectivity index (χ3n) is 1.58. The van der Waals surface area contributed by atoms with Gasteiger partial charge in [0.1, 0.15) is 5.92 Å². The number of hydrogen-bond acceptors (Lipinski definition) is 1. The van der Waals surface area contributed by atoms with Gasteiger partial charge in [0.05, 0.1) is 0 Å². The first-order valence-corrected chi connectivity index (χ1v) is 3.99. The van der Waals surface area contributed by atoms with Crippen LogP contribution in [0.5, 0.6) is 0 Å². The molecule has 0 spiro atoms. The number of hydrogen-bond donors (Lipinski definition) is 1. The zero-order valence-electron chi connectivity index (χ0n) is 7.32. The number of carboxylic acid groups (broad SMARTS) is 1. The monoisotopic (exact) mass is 174 g/mol. The summed E-state index contributed by atoms with van der Waals surface area (Å²) in [6, 6.07) is 9.33. The van der Waals surface area contributed by atoms with Crippen LogP contribution < -0.4 is 0 Å². The second-order valence-corrected chi connectivity index (χ2v) is 2.70. The van der Waals surface area contributed by atoms with Crippen molar-refractivity contribution < 1.29 is 9.90 Å². The predicted octanol–water partition coefficient (Wildman–Crippen LogP) is 1.76. The normalized spacial score (nSPS) is 11.2. The fourth-order valence-corrected chi connectivity index (χ4v) is 0.775. The van der Waals surface area contributed by atoms with Crippen molar-refractivity contribution >= 4 is 5.97 Å². The Morgan fingerprint density at radius 3 is 2.54 bits per heavy atom. The van der Waals surface area contributed by atoms with Crippen molar-refractivity contribution in [1.29, 1.82) is 0 Å². The number of carboxylic acids is 1. The van der Waals surface area contributed by atoms with Gasteiger partial charge >= 0.3 is 5.97 Å². The van der Waals surface area contributed by atoms with Gasteiger partial charge in [-0.1, -0.05) is 30.0 Å². The number of carbonyl (C=O) groups is 1. The summed E-state index contributed by atoms with van der Waals surface area (Å²) in [7, 11) is 0. The molecule has 0 radical (unpaired) electrons. The van der Waals surface area contributed by atoms with Crippen molar-refractivity contribution in [3.8, 4) is 11.8 Å². The SMILES string of the molecule is C[C@@H](C#Cc1ccccc1)C(=O)O. The van der Waals surface area contributed by atoms with Crippen LogP contribution in [0.15, 0.2) is 30.3 Å². The van der Waals surface area contributed by atoms with Gasteiger partial charge in [0.25, 0.3) is 0 Å². The molecule has 0 unspecified atom stereocenters. The first-order valence-electron chi connectivity index (χ1n) is 3.99. The summed E-state index contributed by atoms with van der Waals surface area (Å²) in [5.74, 6) is 3.95. The zero-order chi connectivity index (χ0) is 9.68. The van der Waals surface area contributed by atoms with Crippen LogP contribution in [-0.4, -0.2) is 11.1 Å². The molecule has 0 saturated heterocycles. The van der Waals surface area contributed by atoms with Crippen LogP contribution in [0.3, 0.4) is 0 Å². The highest BCUT2D eigenvalue weighted by atomic mass is 16.4. The lowest BCUT2D eigenvalue weighted by Crippen LogP contribution is -2.06. The van der Waals surface area contributed by atoms with Crippen molar-refractivity contribution in [2.45, 2.75) is 6.92 Å². The molecule has 1 atom stereocenters. The van der Waals surface area contributed by atoms with Crippen molar-refractivity contribution in [1.82, 2.24) is 0 Å². The topological polar surface area (TPSA) is 37.3 Å². The molecule has 13 heavy (non-hydrogen) atoms. The van der Waals surface area contributed by atoms with Gasteiger partial charge in [-0.25, -0.2) is 0 Å². The van der Waals surface area contributed by atoms with Crippen LogP contribution in [-0.2, 0) is 4.79 Å². The van der Waals surface area contributed by atoms with E-state index in [1.165, 1.54) is 0 Å². The molecule has 0 heterocycles. The molecule has 0 aliphatic rings. The maximum Gasteiger partial charge on any atom is 0.318 e. The highest BCUT2D eigenvalue weighted by molar-refractivity contribution is 5.73. The van der Waals surface area contributed by atoms with Crippen LogP contribution in [0.1, 0.15) is 12.5 Å². The van der Waals surface area contributed by atoms with E-state index in [0.29, 0.717) is 0 Å². The Morgan fingerprint density at radius 2 is 2.00 bits per heavy atom. The number of benzene rings is 1. The molecule has 1 rings (SSSR count). The zero-order valence-corrected chi connectivity index (χ0v) is 7.32. The van der Waals surface area contributed by atoms with Crippen molar-refractivity contribution in [2.75, 3.05) is 0 Å². The van der Waals surface area contributed by atoms with Crippen LogP contribution in [0.4, 0.5) is 0 Å². The smallest absolute Gasteiger partial charge is 0.318 e. The Balaban J connectivity index is 2.73. The lowest BCUT2D eigenvalue weighted by Gasteiger charge is -1.92. The minimum absolute atomic E-state index is 0.611. The lowest BCUT2D eigenvalue weighted by atomic mass is 10.1. The van der Waals surface area contributed by atoms with Gasteiger partial charge in [-0.05, 0) is 19.1 Å². The van der Waals surface area contributed by atoms with Gasteiger partial charge in [0.15, 0.2) is 0 Å². The van der Waals surface area contributed by atoms with E-state index in [-0.39, 0.29) is 0 Å². The quantitative estimate of drug-likeness (QED) is 0.658. The lowest BCUT2D eigenvalue weighted by molar-refractivity contribution is -0.139. The van der Waals surface area contributed by atoms with E-state index in [4.69, 9.17) is 5.11 Å². The first kappa shape index (κ1) is 9.34. The minimum Gasteiger partial charge on any atom is -0.480 e.